The van der Waals surface area contributed by atoms with Crippen molar-refractivity contribution < 1.29 is 4.74 Å². The zero-order valence-electron chi connectivity index (χ0n) is 14.8. The molecule has 7 heteroatoms. The summed E-state index contributed by atoms with van der Waals surface area (Å²) in [5, 5.41) is 8.57. The van der Waals surface area contributed by atoms with Crippen molar-refractivity contribution in [2.24, 2.45) is 13.0 Å². The van der Waals surface area contributed by atoms with E-state index in [1.54, 1.807) is 10.6 Å². The maximum Gasteiger partial charge on any atom is 0.331 e. The summed E-state index contributed by atoms with van der Waals surface area (Å²) in [6, 6.07) is 9.39. The van der Waals surface area contributed by atoms with E-state index in [4.69, 9.17) is 10.1 Å². The molecule has 3 heterocycles. The molecule has 1 N–H and O–H groups in total. The normalized spacial score (nSPS) is 16.3. The fraction of sp³-hybridized carbons (Fsp3) is 0.316. The third-order valence-electron chi connectivity index (χ3n) is 4.56. The van der Waals surface area contributed by atoms with Crippen LogP contribution in [0.5, 0.6) is 0 Å². The molecule has 0 bridgehead atoms. The molecule has 0 saturated heterocycles. The number of nitrogens with zero attached hydrogens (tertiary/aromatic N) is 2. The Bertz CT molecular complexity index is 1150. The average molecular weight is 369 g/mol. The molecule has 0 fully saturated rings. The first-order chi connectivity index (χ1) is 12.4. The van der Waals surface area contributed by atoms with Gasteiger partial charge in [-0.25, -0.2) is 4.79 Å². The molecule has 134 valence electrons. The molecule has 26 heavy (non-hydrogen) atoms. The van der Waals surface area contributed by atoms with Gasteiger partial charge in [0, 0.05) is 24.7 Å². The van der Waals surface area contributed by atoms with E-state index in [9.17, 15) is 9.59 Å². The van der Waals surface area contributed by atoms with Gasteiger partial charge in [0.25, 0.3) is 5.56 Å². The Labute approximate surface area is 153 Å². The number of hydrogen-bond acceptors (Lipinski definition) is 5. The second-order valence-electron chi connectivity index (χ2n) is 6.93. The van der Waals surface area contributed by atoms with Crippen molar-refractivity contribution in [3.63, 3.8) is 0 Å². The molecule has 0 radical (unpaired) electrons. The minimum absolute atomic E-state index is 0.135. The standard InChI is InChI=1S/C19H19N3O3S/c1-10(2)9-22-18-13(17(23)21(3)19(22)24)8-14(26-18)15-11-6-4-5-7-12(11)16(20)25-15/h4-8,10,15,20H,9H2,1-3H3. The van der Waals surface area contributed by atoms with Gasteiger partial charge < -0.3 is 4.74 Å². The highest BCUT2D eigenvalue weighted by Gasteiger charge is 2.31. The van der Waals surface area contributed by atoms with Crippen molar-refractivity contribution in [3.8, 4) is 0 Å². The molecule has 1 unspecified atom stereocenters. The summed E-state index contributed by atoms with van der Waals surface area (Å²) in [6.07, 6.45) is -0.414. The minimum Gasteiger partial charge on any atom is -0.464 e. The molecule has 2 aromatic heterocycles. The van der Waals surface area contributed by atoms with E-state index in [2.05, 4.69) is 0 Å². The Balaban J connectivity index is 1.95. The molecular formula is C19H19N3O3S. The smallest absolute Gasteiger partial charge is 0.331 e. The topological polar surface area (TPSA) is 77.1 Å². The first-order valence-electron chi connectivity index (χ1n) is 8.46. The molecular weight excluding hydrogens is 350 g/mol. The van der Waals surface area contributed by atoms with Crippen LogP contribution in [0, 0.1) is 11.3 Å². The zero-order valence-corrected chi connectivity index (χ0v) is 15.6. The van der Waals surface area contributed by atoms with Crippen molar-refractivity contribution >= 4 is 27.5 Å². The van der Waals surface area contributed by atoms with E-state index in [-0.39, 0.29) is 23.1 Å². The van der Waals surface area contributed by atoms with Gasteiger partial charge in [-0.15, -0.1) is 11.3 Å². The van der Waals surface area contributed by atoms with Crippen LogP contribution >= 0.6 is 11.3 Å². The van der Waals surface area contributed by atoms with Crippen LogP contribution in [-0.2, 0) is 18.3 Å². The number of hydrogen-bond donors (Lipinski definition) is 1. The molecule has 0 saturated carbocycles. The van der Waals surface area contributed by atoms with Crippen molar-refractivity contribution in [2.75, 3.05) is 0 Å². The van der Waals surface area contributed by atoms with Crippen LogP contribution in [-0.4, -0.2) is 15.0 Å². The molecule has 4 rings (SSSR count). The highest BCUT2D eigenvalue weighted by atomic mass is 32.1. The van der Waals surface area contributed by atoms with Crippen LogP contribution in [0.25, 0.3) is 10.2 Å². The monoisotopic (exact) mass is 369 g/mol. The van der Waals surface area contributed by atoms with Gasteiger partial charge in [0.2, 0.25) is 5.90 Å². The Morgan fingerprint density at radius 3 is 2.73 bits per heavy atom. The first kappa shape index (κ1) is 16.8. The second-order valence-corrected chi connectivity index (χ2v) is 8.00. The lowest BCUT2D eigenvalue weighted by Gasteiger charge is -2.11. The number of thiophene rings is 1. The summed E-state index contributed by atoms with van der Waals surface area (Å²) in [7, 11) is 1.51. The Kier molecular flexibility index (Phi) is 3.84. The van der Waals surface area contributed by atoms with E-state index < -0.39 is 6.10 Å². The number of rotatable bonds is 3. The third-order valence-corrected chi connectivity index (χ3v) is 5.76. The van der Waals surface area contributed by atoms with Gasteiger partial charge in [-0.2, -0.15) is 0 Å². The van der Waals surface area contributed by atoms with Crippen LogP contribution in [0.4, 0.5) is 0 Å². The highest BCUT2D eigenvalue weighted by molar-refractivity contribution is 7.18. The first-order valence-corrected chi connectivity index (χ1v) is 9.28. The van der Waals surface area contributed by atoms with Crippen LogP contribution in [0.2, 0.25) is 0 Å². The van der Waals surface area contributed by atoms with Gasteiger partial charge in [-0.05, 0) is 18.1 Å². The second kappa shape index (κ2) is 5.95. The largest absolute Gasteiger partial charge is 0.464 e. The van der Waals surface area contributed by atoms with Crippen molar-refractivity contribution in [1.82, 2.24) is 9.13 Å². The summed E-state index contributed by atoms with van der Waals surface area (Å²) in [5.41, 5.74) is 1.08. The van der Waals surface area contributed by atoms with E-state index in [1.807, 2.05) is 38.1 Å². The van der Waals surface area contributed by atoms with Crippen LogP contribution in [0.1, 0.15) is 36.0 Å². The predicted molar refractivity (Wildman–Crippen MR) is 102 cm³/mol. The summed E-state index contributed by atoms with van der Waals surface area (Å²) < 4.78 is 8.59. The van der Waals surface area contributed by atoms with Crippen LogP contribution in [0.15, 0.2) is 39.9 Å². The number of aromatic nitrogens is 2. The number of nitrogens with one attached hydrogen (secondary N) is 1. The maximum atomic E-state index is 12.6. The number of benzene rings is 1. The predicted octanol–water partition coefficient (Wildman–Crippen LogP) is 2.86. The van der Waals surface area contributed by atoms with Crippen LogP contribution in [0.3, 0.4) is 0 Å². The quantitative estimate of drug-likeness (QED) is 0.771. The summed E-state index contributed by atoms with van der Waals surface area (Å²) in [4.78, 5) is 26.7. The van der Waals surface area contributed by atoms with Crippen molar-refractivity contribution in [2.45, 2.75) is 26.5 Å². The van der Waals surface area contributed by atoms with Crippen molar-refractivity contribution in [1.29, 1.82) is 5.41 Å². The lowest BCUT2D eigenvalue weighted by Crippen LogP contribution is -2.38. The summed E-state index contributed by atoms with van der Waals surface area (Å²) >= 11 is 1.39. The van der Waals surface area contributed by atoms with E-state index in [0.717, 1.165) is 20.6 Å². The van der Waals surface area contributed by atoms with Gasteiger partial charge in [0.05, 0.1) is 10.3 Å². The van der Waals surface area contributed by atoms with Gasteiger partial charge in [-0.3, -0.25) is 19.3 Å². The molecule has 0 spiro atoms. The average Bonchev–Trinajstić information content (AvgIpc) is 3.19. The van der Waals surface area contributed by atoms with E-state index >= 15 is 0 Å². The Hall–Kier alpha value is -2.67. The fourth-order valence-corrected chi connectivity index (χ4v) is 4.53. The SMILES string of the molecule is CC(C)Cn1c(=O)n(C)c(=O)c2cc(C3OC(=N)c4ccccc43)sc21. The molecule has 1 aliphatic heterocycles. The van der Waals surface area contributed by atoms with Gasteiger partial charge in [0.15, 0.2) is 6.10 Å². The van der Waals surface area contributed by atoms with Gasteiger partial charge >= 0.3 is 5.69 Å². The molecule has 1 aliphatic rings. The molecule has 3 aromatic rings. The lowest BCUT2D eigenvalue weighted by molar-refractivity contribution is 0.254. The Morgan fingerprint density at radius 1 is 1.27 bits per heavy atom. The molecule has 0 aliphatic carbocycles. The summed E-state index contributed by atoms with van der Waals surface area (Å²) in [6.45, 7) is 4.62. The molecule has 1 atom stereocenters. The zero-order chi connectivity index (χ0) is 18.6. The number of fused-ring (bicyclic) bond motifs is 2. The molecule has 6 nitrogen and oxygen atoms in total. The van der Waals surface area contributed by atoms with E-state index in [0.29, 0.717) is 16.8 Å². The van der Waals surface area contributed by atoms with Crippen molar-refractivity contribution in [3.05, 3.63) is 67.2 Å². The molecule has 0 amide bonds. The molecule has 1 aromatic carbocycles. The van der Waals surface area contributed by atoms with Crippen LogP contribution < -0.4 is 11.2 Å². The Morgan fingerprint density at radius 2 is 2.00 bits per heavy atom. The van der Waals surface area contributed by atoms with Gasteiger partial charge in [-0.1, -0.05) is 32.0 Å². The van der Waals surface area contributed by atoms with E-state index in [1.165, 1.54) is 18.4 Å². The highest BCUT2D eigenvalue weighted by Crippen LogP contribution is 2.40. The van der Waals surface area contributed by atoms with Gasteiger partial charge in [0.1, 0.15) is 4.83 Å². The number of ether oxygens (including phenoxy) is 1. The third kappa shape index (κ3) is 2.42. The maximum absolute atomic E-state index is 12.6. The summed E-state index contributed by atoms with van der Waals surface area (Å²) in [5.74, 6) is 0.408. The fourth-order valence-electron chi connectivity index (χ4n) is 3.33. The minimum atomic E-state index is -0.414. The lowest BCUT2D eigenvalue weighted by atomic mass is 10.0.